The first-order chi connectivity index (χ1) is 26.4. The molecule has 2 saturated heterocycles. The summed E-state index contributed by atoms with van der Waals surface area (Å²) in [6, 6.07) is 14.2. The molecule has 0 unspecified atom stereocenters. The standard InChI is InChI=1S/C41H51ClFN7O5/c1-28(43)39(52)50-22-21-49(25-30(50)14-17-44)38-32-15-20-48(35-13-6-10-29-9-5-12-33(42)37(29)35)26-34(32)45-40(46-38)54-27-31-11-7-18-47(31)19-8-23-53-24-16-36(51)55-41(2,3)4/h5-6,9-10,12-13,30-31H,1,7-8,11,14-16,18-27H2,2-4H3/t30-,31-/m0/s1. The summed E-state index contributed by atoms with van der Waals surface area (Å²) in [5.74, 6) is -1.36. The van der Waals surface area contributed by atoms with Crippen molar-refractivity contribution in [2.24, 2.45) is 0 Å². The van der Waals surface area contributed by atoms with E-state index in [4.69, 9.17) is 35.8 Å². The van der Waals surface area contributed by atoms with Gasteiger partial charge in [-0.25, -0.2) is 4.39 Å². The molecule has 3 aromatic rings. The number of amides is 1. The second-order valence-corrected chi connectivity index (χ2v) is 15.8. The van der Waals surface area contributed by atoms with Crippen LogP contribution in [0.5, 0.6) is 6.01 Å². The number of ether oxygens (including phenoxy) is 3. The van der Waals surface area contributed by atoms with E-state index in [9.17, 15) is 19.2 Å². The Hall–Kier alpha value is -4.51. The Bertz CT molecular complexity index is 1910. The van der Waals surface area contributed by atoms with Crippen LogP contribution in [0.3, 0.4) is 0 Å². The molecule has 1 aromatic heterocycles. The molecule has 0 saturated carbocycles. The Morgan fingerprint density at radius 3 is 2.62 bits per heavy atom. The molecule has 12 nitrogen and oxygen atoms in total. The van der Waals surface area contributed by atoms with Gasteiger partial charge in [-0.3, -0.25) is 14.5 Å². The summed E-state index contributed by atoms with van der Waals surface area (Å²) in [5.41, 5.74) is 2.36. The third kappa shape index (κ3) is 10.0. The lowest BCUT2D eigenvalue weighted by Crippen LogP contribution is -2.55. The molecule has 4 heterocycles. The molecule has 2 atom stereocenters. The predicted molar refractivity (Wildman–Crippen MR) is 210 cm³/mol. The van der Waals surface area contributed by atoms with E-state index in [1.807, 2.05) is 39.0 Å². The van der Waals surface area contributed by atoms with E-state index in [1.54, 1.807) is 0 Å². The Balaban J connectivity index is 1.17. The van der Waals surface area contributed by atoms with Gasteiger partial charge in [-0.15, -0.1) is 0 Å². The molecule has 0 N–H and O–H groups in total. The van der Waals surface area contributed by atoms with Crippen molar-refractivity contribution >= 4 is 45.8 Å². The molecule has 294 valence electrons. The fourth-order valence-electron chi connectivity index (χ4n) is 7.78. The van der Waals surface area contributed by atoms with Crippen LogP contribution in [0, 0.1) is 11.3 Å². The number of carbonyl (C=O) groups excluding carboxylic acids is 2. The minimum absolute atomic E-state index is 0.0497. The fraction of sp³-hybridized carbons (Fsp3) is 0.537. The summed E-state index contributed by atoms with van der Waals surface area (Å²) in [6.45, 7) is 14.0. The van der Waals surface area contributed by atoms with E-state index in [1.165, 1.54) is 4.90 Å². The van der Waals surface area contributed by atoms with Crippen molar-refractivity contribution in [3.8, 4) is 12.1 Å². The van der Waals surface area contributed by atoms with Gasteiger partial charge in [0.1, 0.15) is 18.0 Å². The number of nitriles is 1. The number of carbonyl (C=O) groups is 2. The second-order valence-electron chi connectivity index (χ2n) is 15.4. The minimum Gasteiger partial charge on any atom is -0.462 e. The third-order valence-corrected chi connectivity index (χ3v) is 10.6. The lowest BCUT2D eigenvalue weighted by atomic mass is 10.0. The maximum atomic E-state index is 14.0. The average Bonchev–Trinajstić information content (AvgIpc) is 3.61. The van der Waals surface area contributed by atoms with E-state index < -0.39 is 23.4 Å². The van der Waals surface area contributed by atoms with Gasteiger partial charge in [0.15, 0.2) is 5.83 Å². The zero-order chi connectivity index (χ0) is 39.1. The van der Waals surface area contributed by atoms with Gasteiger partial charge in [-0.2, -0.15) is 15.2 Å². The van der Waals surface area contributed by atoms with Gasteiger partial charge >= 0.3 is 12.0 Å². The summed E-state index contributed by atoms with van der Waals surface area (Å²) in [7, 11) is 0. The van der Waals surface area contributed by atoms with Gasteiger partial charge in [-0.1, -0.05) is 42.4 Å². The van der Waals surface area contributed by atoms with Crippen LogP contribution in [0.1, 0.15) is 64.1 Å². The zero-order valence-corrected chi connectivity index (χ0v) is 32.8. The normalized spacial score (nSPS) is 18.9. The van der Waals surface area contributed by atoms with Gasteiger partial charge in [0.2, 0.25) is 0 Å². The zero-order valence-electron chi connectivity index (χ0n) is 32.1. The number of likely N-dealkylation sites (tertiary alicyclic amines) is 1. The molecule has 6 rings (SSSR count). The summed E-state index contributed by atoms with van der Waals surface area (Å²) >= 11 is 6.74. The summed E-state index contributed by atoms with van der Waals surface area (Å²) < 4.78 is 31.5. The monoisotopic (exact) mass is 775 g/mol. The molecule has 3 aliphatic heterocycles. The average molecular weight is 776 g/mol. The number of fused-ring (bicyclic) bond motifs is 2. The van der Waals surface area contributed by atoms with Gasteiger partial charge in [-0.05, 0) is 70.5 Å². The van der Waals surface area contributed by atoms with Crippen molar-refractivity contribution in [2.45, 2.75) is 83.5 Å². The van der Waals surface area contributed by atoms with Crippen LogP contribution < -0.4 is 14.5 Å². The maximum absolute atomic E-state index is 14.0. The van der Waals surface area contributed by atoms with Crippen molar-refractivity contribution in [1.29, 1.82) is 5.26 Å². The van der Waals surface area contributed by atoms with Crippen LogP contribution in [0.25, 0.3) is 10.8 Å². The highest BCUT2D eigenvalue weighted by molar-refractivity contribution is 6.36. The number of rotatable bonds is 14. The molecule has 14 heteroatoms. The first-order valence-electron chi connectivity index (χ1n) is 19.2. The van der Waals surface area contributed by atoms with E-state index in [0.717, 1.165) is 65.9 Å². The number of hydrogen-bond donors (Lipinski definition) is 0. The molecule has 2 aromatic carbocycles. The minimum atomic E-state index is -1.04. The molecule has 0 aliphatic carbocycles. The van der Waals surface area contributed by atoms with Crippen LogP contribution in [0.15, 0.2) is 48.8 Å². The molecule has 0 spiro atoms. The third-order valence-electron chi connectivity index (χ3n) is 10.3. The Morgan fingerprint density at radius 1 is 1.05 bits per heavy atom. The van der Waals surface area contributed by atoms with Crippen molar-refractivity contribution in [3.05, 3.63) is 65.1 Å². The highest BCUT2D eigenvalue weighted by Gasteiger charge is 2.35. The molecule has 1 amide bonds. The largest absolute Gasteiger partial charge is 0.462 e. The van der Waals surface area contributed by atoms with Gasteiger partial charge in [0.05, 0.1) is 48.8 Å². The summed E-state index contributed by atoms with van der Waals surface area (Å²) in [6.07, 6.45) is 3.80. The van der Waals surface area contributed by atoms with E-state index in [2.05, 4.69) is 45.5 Å². The number of aromatic nitrogens is 2. The molecular weight excluding hydrogens is 725 g/mol. The number of hydrogen-bond acceptors (Lipinski definition) is 11. The van der Waals surface area contributed by atoms with E-state index >= 15 is 0 Å². The maximum Gasteiger partial charge on any atom is 0.318 e. The molecule has 0 radical (unpaired) electrons. The van der Waals surface area contributed by atoms with Gasteiger partial charge in [0.25, 0.3) is 5.91 Å². The number of halogens is 2. The van der Waals surface area contributed by atoms with Crippen LogP contribution in [-0.2, 0) is 32.0 Å². The SMILES string of the molecule is C=C(F)C(=O)N1CCN(c2nc(OC[C@@H]3CCCN3CCCOCCC(=O)OC(C)(C)C)nc3c2CCN(c2cccc4cccc(Cl)c24)C3)C[C@@H]1CC#N. The molecule has 55 heavy (non-hydrogen) atoms. The number of nitrogens with zero attached hydrogens (tertiary/aromatic N) is 7. The number of benzene rings is 2. The van der Waals surface area contributed by atoms with E-state index in [0.29, 0.717) is 57.4 Å². The Kier molecular flexibility index (Phi) is 13.1. The highest BCUT2D eigenvalue weighted by Crippen LogP contribution is 2.37. The Labute approximate surface area is 327 Å². The second kappa shape index (κ2) is 18.0. The summed E-state index contributed by atoms with van der Waals surface area (Å²) in [4.78, 5) is 42.8. The molecule has 3 aliphatic rings. The molecule has 0 bridgehead atoms. The van der Waals surface area contributed by atoms with Crippen molar-refractivity contribution in [2.75, 3.05) is 68.9 Å². The van der Waals surface area contributed by atoms with Gasteiger partial charge < -0.3 is 28.9 Å². The number of esters is 1. The smallest absolute Gasteiger partial charge is 0.318 e. The highest BCUT2D eigenvalue weighted by atomic mass is 35.5. The van der Waals surface area contributed by atoms with E-state index in [-0.39, 0.29) is 37.4 Å². The predicted octanol–water partition coefficient (Wildman–Crippen LogP) is 6.24. The van der Waals surface area contributed by atoms with Crippen LogP contribution >= 0.6 is 11.6 Å². The fourth-order valence-corrected chi connectivity index (χ4v) is 8.06. The van der Waals surface area contributed by atoms with Crippen molar-refractivity contribution in [1.82, 2.24) is 19.8 Å². The first-order valence-corrected chi connectivity index (χ1v) is 19.6. The van der Waals surface area contributed by atoms with Crippen molar-refractivity contribution in [3.63, 3.8) is 0 Å². The molecule has 2 fully saturated rings. The summed E-state index contributed by atoms with van der Waals surface area (Å²) in [5, 5.41) is 12.3. The lowest BCUT2D eigenvalue weighted by Gasteiger charge is -2.42. The van der Waals surface area contributed by atoms with Gasteiger partial charge in [0, 0.05) is 62.0 Å². The number of anilines is 2. The number of piperazine rings is 1. The Morgan fingerprint density at radius 2 is 1.85 bits per heavy atom. The lowest BCUT2D eigenvalue weighted by molar-refractivity contribution is -0.156. The quantitative estimate of drug-likeness (QED) is 0.105. The topological polar surface area (TPSA) is 124 Å². The van der Waals surface area contributed by atoms with Crippen LogP contribution in [0.2, 0.25) is 5.02 Å². The first kappa shape index (κ1) is 40.2. The van der Waals surface area contributed by atoms with Crippen LogP contribution in [0.4, 0.5) is 15.9 Å². The van der Waals surface area contributed by atoms with Crippen LogP contribution in [-0.4, -0.2) is 108 Å². The molecular formula is C41H51ClFN7O5. The van der Waals surface area contributed by atoms with Crippen molar-refractivity contribution < 1.29 is 28.2 Å².